The number of hydrogen-bond donors (Lipinski definition) is 0. The molecule has 4 aromatic rings. The van der Waals surface area contributed by atoms with E-state index >= 15 is 0 Å². The minimum atomic E-state index is -0.402. The second-order valence-corrected chi connectivity index (χ2v) is 8.40. The van der Waals surface area contributed by atoms with E-state index in [0.29, 0.717) is 40.2 Å². The zero-order valence-corrected chi connectivity index (χ0v) is 16.9. The number of aromatic nitrogens is 2. The van der Waals surface area contributed by atoms with E-state index in [1.807, 2.05) is 47.8 Å². The van der Waals surface area contributed by atoms with Gasteiger partial charge < -0.3 is 4.74 Å². The fourth-order valence-corrected chi connectivity index (χ4v) is 4.74. The number of ether oxygens (including phenoxy) is 1. The number of thiophene rings is 2. The molecule has 5 nitrogen and oxygen atoms in total. The van der Waals surface area contributed by atoms with Crippen molar-refractivity contribution in [1.82, 2.24) is 9.55 Å². The average molecular weight is 411 g/mol. The van der Waals surface area contributed by atoms with Crippen molar-refractivity contribution in [2.45, 2.75) is 19.9 Å². The van der Waals surface area contributed by atoms with Crippen LogP contribution < -0.4 is 5.56 Å². The maximum absolute atomic E-state index is 12.9. The number of carbonyl (C=O) groups excluding carboxylic acids is 1. The lowest BCUT2D eigenvalue weighted by molar-refractivity contribution is 0.0514. The van der Waals surface area contributed by atoms with E-state index in [1.54, 1.807) is 29.2 Å². The Labute approximate surface area is 169 Å². The van der Waals surface area contributed by atoms with Crippen LogP contribution in [0.3, 0.4) is 0 Å². The van der Waals surface area contributed by atoms with Gasteiger partial charge >= 0.3 is 5.97 Å². The molecule has 0 saturated carbocycles. The third kappa shape index (κ3) is 3.76. The highest BCUT2D eigenvalue weighted by atomic mass is 32.1. The van der Waals surface area contributed by atoms with Gasteiger partial charge in [0, 0.05) is 11.3 Å². The van der Waals surface area contributed by atoms with Gasteiger partial charge in [0.05, 0.1) is 24.9 Å². The lowest BCUT2D eigenvalue weighted by Gasteiger charge is -2.04. The van der Waals surface area contributed by atoms with Crippen molar-refractivity contribution in [1.29, 1.82) is 0 Å². The van der Waals surface area contributed by atoms with E-state index in [9.17, 15) is 9.59 Å². The van der Waals surface area contributed by atoms with Crippen molar-refractivity contribution in [3.63, 3.8) is 0 Å². The van der Waals surface area contributed by atoms with Crippen LogP contribution in [0.25, 0.3) is 10.2 Å². The summed E-state index contributed by atoms with van der Waals surface area (Å²) in [5.41, 5.74) is 1.62. The van der Waals surface area contributed by atoms with Gasteiger partial charge in [-0.3, -0.25) is 9.36 Å². The Bertz CT molecular complexity index is 1160. The highest BCUT2D eigenvalue weighted by molar-refractivity contribution is 7.20. The Morgan fingerprint density at radius 2 is 2.00 bits per heavy atom. The zero-order chi connectivity index (χ0) is 19.5. The van der Waals surface area contributed by atoms with Crippen LogP contribution in [0.4, 0.5) is 0 Å². The number of rotatable bonds is 6. The van der Waals surface area contributed by atoms with Crippen LogP contribution >= 0.6 is 22.7 Å². The number of nitrogens with zero attached hydrogens (tertiary/aromatic N) is 2. The van der Waals surface area contributed by atoms with Gasteiger partial charge in [0.15, 0.2) is 0 Å². The predicted octanol–water partition coefficient (Wildman–Crippen LogP) is 4.28. The number of hydrogen-bond acceptors (Lipinski definition) is 6. The lowest BCUT2D eigenvalue weighted by atomic mass is 10.2. The van der Waals surface area contributed by atoms with E-state index in [-0.39, 0.29) is 5.56 Å². The van der Waals surface area contributed by atoms with Gasteiger partial charge in [-0.2, -0.15) is 0 Å². The van der Waals surface area contributed by atoms with Crippen LogP contribution in [0.15, 0.2) is 59.0 Å². The summed E-state index contributed by atoms with van der Waals surface area (Å²) < 4.78 is 7.02. The molecule has 0 atom stereocenters. The maximum atomic E-state index is 12.9. The summed E-state index contributed by atoms with van der Waals surface area (Å²) in [6.07, 6.45) is 2.20. The van der Waals surface area contributed by atoms with Gasteiger partial charge in [0.1, 0.15) is 9.71 Å². The second kappa shape index (κ2) is 8.08. The molecule has 4 rings (SSSR count). The van der Waals surface area contributed by atoms with Gasteiger partial charge in [0.2, 0.25) is 0 Å². The standard InChI is InChI=1S/C21H18N2O3S2/c1-14-17-19(22-13-23(20(17)24)12-16-8-5-11-27-16)28-18(14)21(25)26-10-9-15-6-3-2-4-7-15/h2-8,11,13H,9-10,12H2,1H3. The fraction of sp³-hybridized carbons (Fsp3) is 0.190. The Morgan fingerprint density at radius 1 is 1.18 bits per heavy atom. The SMILES string of the molecule is Cc1c(C(=O)OCCc2ccccc2)sc2ncn(Cc3cccs3)c(=O)c12. The van der Waals surface area contributed by atoms with Gasteiger partial charge in [0.25, 0.3) is 5.56 Å². The van der Waals surface area contributed by atoms with E-state index in [0.717, 1.165) is 10.4 Å². The predicted molar refractivity (Wildman–Crippen MR) is 112 cm³/mol. The lowest BCUT2D eigenvalue weighted by Crippen LogP contribution is -2.20. The molecule has 0 fully saturated rings. The maximum Gasteiger partial charge on any atom is 0.348 e. The Balaban J connectivity index is 1.54. The molecule has 0 radical (unpaired) electrons. The minimum Gasteiger partial charge on any atom is -0.461 e. The molecule has 0 aliphatic carbocycles. The zero-order valence-electron chi connectivity index (χ0n) is 15.3. The molecule has 28 heavy (non-hydrogen) atoms. The first-order chi connectivity index (χ1) is 13.6. The molecule has 3 heterocycles. The van der Waals surface area contributed by atoms with E-state index in [2.05, 4.69) is 4.98 Å². The molecule has 0 aliphatic heterocycles. The van der Waals surface area contributed by atoms with Gasteiger partial charge in [-0.25, -0.2) is 9.78 Å². The van der Waals surface area contributed by atoms with Crippen molar-refractivity contribution in [3.05, 3.63) is 85.4 Å². The van der Waals surface area contributed by atoms with Crippen LogP contribution in [-0.2, 0) is 17.7 Å². The van der Waals surface area contributed by atoms with Gasteiger partial charge in [-0.15, -0.1) is 22.7 Å². The molecule has 0 bridgehead atoms. The number of fused-ring (bicyclic) bond motifs is 1. The summed E-state index contributed by atoms with van der Waals surface area (Å²) in [7, 11) is 0. The van der Waals surface area contributed by atoms with Crippen molar-refractivity contribution in [3.8, 4) is 0 Å². The molecule has 7 heteroatoms. The molecule has 0 spiro atoms. The average Bonchev–Trinajstić information content (AvgIpc) is 3.33. The minimum absolute atomic E-state index is 0.129. The molecular formula is C21H18N2O3S2. The summed E-state index contributed by atoms with van der Waals surface area (Å²) in [6.45, 7) is 2.56. The first-order valence-corrected chi connectivity index (χ1v) is 10.5. The van der Waals surface area contributed by atoms with E-state index in [4.69, 9.17) is 4.74 Å². The molecular weight excluding hydrogens is 392 g/mol. The van der Waals surface area contributed by atoms with Crippen LogP contribution in [0, 0.1) is 6.92 Å². The van der Waals surface area contributed by atoms with Crippen LogP contribution in [0.2, 0.25) is 0 Å². The smallest absolute Gasteiger partial charge is 0.348 e. The van der Waals surface area contributed by atoms with Crippen molar-refractivity contribution in [2.24, 2.45) is 0 Å². The molecule has 0 N–H and O–H groups in total. The van der Waals surface area contributed by atoms with Gasteiger partial charge in [-0.1, -0.05) is 36.4 Å². The van der Waals surface area contributed by atoms with E-state index in [1.165, 1.54) is 11.3 Å². The summed E-state index contributed by atoms with van der Waals surface area (Å²) >= 11 is 2.81. The Hall–Kier alpha value is -2.77. The first-order valence-electron chi connectivity index (χ1n) is 8.85. The highest BCUT2D eigenvalue weighted by Crippen LogP contribution is 2.27. The monoisotopic (exact) mass is 410 g/mol. The number of aryl methyl sites for hydroxylation is 1. The topological polar surface area (TPSA) is 61.2 Å². The summed E-state index contributed by atoms with van der Waals surface area (Å²) in [5.74, 6) is -0.402. The molecule has 0 unspecified atom stereocenters. The number of benzene rings is 1. The molecule has 0 saturated heterocycles. The number of carbonyl (C=O) groups is 1. The largest absolute Gasteiger partial charge is 0.461 e. The van der Waals surface area contributed by atoms with Gasteiger partial charge in [-0.05, 0) is 29.5 Å². The molecule has 0 amide bonds. The Morgan fingerprint density at radius 3 is 2.75 bits per heavy atom. The summed E-state index contributed by atoms with van der Waals surface area (Å²) in [5, 5.41) is 2.48. The van der Waals surface area contributed by atoms with Crippen molar-refractivity contribution < 1.29 is 9.53 Å². The molecule has 0 aliphatic rings. The fourth-order valence-electron chi connectivity index (χ4n) is 3.01. The summed E-state index contributed by atoms with van der Waals surface area (Å²) in [6, 6.07) is 13.8. The molecule has 142 valence electrons. The van der Waals surface area contributed by atoms with E-state index < -0.39 is 5.97 Å². The highest BCUT2D eigenvalue weighted by Gasteiger charge is 2.20. The van der Waals surface area contributed by atoms with Crippen LogP contribution in [-0.4, -0.2) is 22.1 Å². The molecule has 3 aromatic heterocycles. The van der Waals surface area contributed by atoms with Crippen LogP contribution in [0.5, 0.6) is 0 Å². The third-order valence-corrected chi connectivity index (χ3v) is 6.52. The number of esters is 1. The second-order valence-electron chi connectivity index (χ2n) is 6.36. The third-order valence-electron chi connectivity index (χ3n) is 4.48. The molecule has 1 aromatic carbocycles. The summed E-state index contributed by atoms with van der Waals surface area (Å²) in [4.78, 5) is 31.9. The normalized spacial score (nSPS) is 11.0. The quantitative estimate of drug-likeness (QED) is 0.445. The first kappa shape index (κ1) is 18.6. The van der Waals surface area contributed by atoms with Crippen LogP contribution in [0.1, 0.15) is 25.7 Å². The van der Waals surface area contributed by atoms with Crippen molar-refractivity contribution >= 4 is 38.9 Å². The van der Waals surface area contributed by atoms with Crippen molar-refractivity contribution in [2.75, 3.05) is 6.61 Å². The Kier molecular flexibility index (Phi) is 5.36.